The molecule has 1 heterocycles. The first-order chi connectivity index (χ1) is 10.1. The maximum absolute atomic E-state index is 5.54. The van der Waals surface area contributed by atoms with Gasteiger partial charge in [-0.2, -0.15) is 5.43 Å². The fraction of sp³-hybridized carbons (Fsp3) is 0.235. The third kappa shape index (κ3) is 2.41. The van der Waals surface area contributed by atoms with Crippen LogP contribution in [0.1, 0.15) is 19.4 Å². The smallest absolute Gasteiger partial charge is 0.190 e. The Morgan fingerprint density at radius 1 is 0.952 bits per heavy atom. The first kappa shape index (κ1) is 14.0. The Labute approximate surface area is 130 Å². The van der Waals surface area contributed by atoms with Gasteiger partial charge >= 0.3 is 0 Å². The molecule has 0 radical (unpaired) electrons. The zero-order chi connectivity index (χ0) is 14.9. The topological polar surface area (TPSA) is 27.3 Å². The highest BCUT2D eigenvalue weighted by Gasteiger charge is 2.44. The molecule has 1 unspecified atom stereocenters. The molecule has 1 aliphatic heterocycles. The fourth-order valence-corrected chi connectivity index (χ4v) is 3.00. The number of benzene rings is 2. The molecule has 1 atom stereocenters. The summed E-state index contributed by atoms with van der Waals surface area (Å²) in [7, 11) is 0. The van der Waals surface area contributed by atoms with E-state index in [1.165, 1.54) is 5.56 Å². The standard InChI is InChI=1S/C17H19N3S/c1-13(2)17(14-9-5-3-6-10-14)18-16(21)20(19-17)15-11-7-4-8-12-15/h3-13,19H,1-2H3,(H,18,21). The summed E-state index contributed by atoms with van der Waals surface area (Å²) in [5.74, 6) is 0.326. The molecule has 0 amide bonds. The zero-order valence-electron chi connectivity index (χ0n) is 12.2. The number of hydrogen-bond acceptors (Lipinski definition) is 2. The van der Waals surface area contributed by atoms with Gasteiger partial charge in [0.25, 0.3) is 0 Å². The van der Waals surface area contributed by atoms with Crippen molar-refractivity contribution in [2.45, 2.75) is 19.5 Å². The Bertz CT molecular complexity index is 627. The van der Waals surface area contributed by atoms with Crippen molar-refractivity contribution in [3.05, 3.63) is 66.2 Å². The lowest BCUT2D eigenvalue weighted by molar-refractivity contribution is 0.247. The van der Waals surface area contributed by atoms with Gasteiger partial charge in [0.2, 0.25) is 0 Å². The second kappa shape index (κ2) is 5.47. The molecule has 1 saturated heterocycles. The van der Waals surface area contributed by atoms with Crippen molar-refractivity contribution in [3.8, 4) is 0 Å². The van der Waals surface area contributed by atoms with E-state index < -0.39 is 0 Å². The van der Waals surface area contributed by atoms with Gasteiger partial charge in [0.1, 0.15) is 5.66 Å². The van der Waals surface area contributed by atoms with E-state index in [1.807, 2.05) is 41.4 Å². The van der Waals surface area contributed by atoms with E-state index in [0.717, 1.165) is 5.69 Å². The lowest BCUT2D eigenvalue weighted by atomic mass is 9.89. The molecule has 3 rings (SSSR count). The van der Waals surface area contributed by atoms with Gasteiger partial charge in [0.05, 0.1) is 5.69 Å². The number of hydrazine groups is 1. The highest BCUT2D eigenvalue weighted by Crippen LogP contribution is 2.32. The van der Waals surface area contributed by atoms with E-state index in [9.17, 15) is 0 Å². The first-order valence-electron chi connectivity index (χ1n) is 7.14. The van der Waals surface area contributed by atoms with Crippen LogP contribution in [0.5, 0.6) is 0 Å². The molecule has 0 spiro atoms. The second-order valence-electron chi connectivity index (χ2n) is 5.54. The minimum absolute atomic E-state index is 0.326. The van der Waals surface area contributed by atoms with Gasteiger partial charge in [0.15, 0.2) is 5.11 Å². The molecule has 3 nitrogen and oxygen atoms in total. The molecular formula is C17H19N3S. The number of thiocarbonyl (C=S) groups is 1. The van der Waals surface area contributed by atoms with Crippen molar-refractivity contribution in [2.75, 3.05) is 5.01 Å². The van der Waals surface area contributed by atoms with Crippen LogP contribution in [0.15, 0.2) is 60.7 Å². The first-order valence-corrected chi connectivity index (χ1v) is 7.55. The van der Waals surface area contributed by atoms with Crippen LogP contribution in [0.25, 0.3) is 0 Å². The second-order valence-corrected chi connectivity index (χ2v) is 5.93. The average molecular weight is 297 g/mol. The number of hydrogen-bond donors (Lipinski definition) is 2. The number of anilines is 1. The maximum atomic E-state index is 5.54. The Morgan fingerprint density at radius 2 is 1.52 bits per heavy atom. The van der Waals surface area contributed by atoms with Crippen molar-refractivity contribution < 1.29 is 0 Å². The monoisotopic (exact) mass is 297 g/mol. The van der Waals surface area contributed by atoms with Crippen LogP contribution in [0.2, 0.25) is 0 Å². The summed E-state index contributed by atoms with van der Waals surface area (Å²) < 4.78 is 0. The summed E-state index contributed by atoms with van der Waals surface area (Å²) in [5.41, 5.74) is 5.40. The average Bonchev–Trinajstić information content (AvgIpc) is 2.88. The lowest BCUT2D eigenvalue weighted by Crippen LogP contribution is -2.52. The molecule has 0 saturated carbocycles. The molecule has 1 fully saturated rings. The van der Waals surface area contributed by atoms with Crippen LogP contribution in [-0.4, -0.2) is 5.11 Å². The number of para-hydroxylation sites is 1. The number of nitrogens with zero attached hydrogens (tertiary/aromatic N) is 1. The molecular weight excluding hydrogens is 278 g/mol. The summed E-state index contributed by atoms with van der Waals surface area (Å²) in [5, 5.41) is 6.12. The van der Waals surface area contributed by atoms with Gasteiger partial charge < -0.3 is 5.32 Å². The van der Waals surface area contributed by atoms with Crippen molar-refractivity contribution in [3.63, 3.8) is 0 Å². The van der Waals surface area contributed by atoms with Crippen molar-refractivity contribution in [1.29, 1.82) is 0 Å². The third-order valence-electron chi connectivity index (χ3n) is 3.90. The molecule has 0 aromatic heterocycles. The van der Waals surface area contributed by atoms with Crippen LogP contribution in [0.4, 0.5) is 5.69 Å². The summed E-state index contributed by atoms with van der Waals surface area (Å²) in [6, 6.07) is 20.5. The molecule has 2 N–H and O–H groups in total. The Kier molecular flexibility index (Phi) is 3.66. The van der Waals surface area contributed by atoms with Crippen molar-refractivity contribution in [1.82, 2.24) is 10.7 Å². The Morgan fingerprint density at radius 3 is 2.10 bits per heavy atom. The quantitative estimate of drug-likeness (QED) is 0.849. The molecule has 2 aromatic rings. The summed E-state index contributed by atoms with van der Waals surface area (Å²) in [6.45, 7) is 4.37. The van der Waals surface area contributed by atoms with Crippen LogP contribution in [0.3, 0.4) is 0 Å². The summed E-state index contributed by atoms with van der Waals surface area (Å²) >= 11 is 5.54. The molecule has 1 aliphatic rings. The Hall–Kier alpha value is -1.91. The van der Waals surface area contributed by atoms with Gasteiger partial charge in [-0.05, 0) is 35.8 Å². The van der Waals surface area contributed by atoms with E-state index in [2.05, 4.69) is 48.9 Å². The SMILES string of the molecule is CC(C)C1(c2ccccc2)NC(=S)N(c2ccccc2)N1. The fourth-order valence-electron chi connectivity index (χ4n) is 2.68. The number of rotatable bonds is 3. The van der Waals surface area contributed by atoms with Gasteiger partial charge in [-0.15, -0.1) is 0 Å². The molecule has 0 aliphatic carbocycles. The van der Waals surface area contributed by atoms with Crippen LogP contribution < -0.4 is 15.8 Å². The predicted molar refractivity (Wildman–Crippen MR) is 90.7 cm³/mol. The zero-order valence-corrected chi connectivity index (χ0v) is 13.0. The van der Waals surface area contributed by atoms with Gasteiger partial charge in [-0.1, -0.05) is 62.4 Å². The highest BCUT2D eigenvalue weighted by molar-refractivity contribution is 7.80. The van der Waals surface area contributed by atoms with Crippen LogP contribution in [0, 0.1) is 5.92 Å². The van der Waals surface area contributed by atoms with E-state index in [1.54, 1.807) is 0 Å². The maximum Gasteiger partial charge on any atom is 0.190 e. The number of nitrogens with one attached hydrogen (secondary N) is 2. The van der Waals surface area contributed by atoms with Crippen LogP contribution >= 0.6 is 12.2 Å². The molecule has 2 aromatic carbocycles. The van der Waals surface area contributed by atoms with Gasteiger partial charge in [-0.3, -0.25) is 0 Å². The van der Waals surface area contributed by atoms with E-state index in [4.69, 9.17) is 12.2 Å². The third-order valence-corrected chi connectivity index (χ3v) is 4.19. The molecule has 108 valence electrons. The van der Waals surface area contributed by atoms with E-state index in [-0.39, 0.29) is 5.66 Å². The summed E-state index contributed by atoms with van der Waals surface area (Å²) in [6.07, 6.45) is 0. The van der Waals surface area contributed by atoms with E-state index in [0.29, 0.717) is 11.0 Å². The highest BCUT2D eigenvalue weighted by atomic mass is 32.1. The molecule has 4 heteroatoms. The van der Waals surface area contributed by atoms with Crippen molar-refractivity contribution >= 4 is 23.0 Å². The van der Waals surface area contributed by atoms with Gasteiger partial charge in [0, 0.05) is 0 Å². The van der Waals surface area contributed by atoms with E-state index >= 15 is 0 Å². The normalized spacial score (nSPS) is 21.7. The molecule has 0 bridgehead atoms. The molecule has 21 heavy (non-hydrogen) atoms. The minimum Gasteiger partial charge on any atom is -0.338 e. The predicted octanol–water partition coefficient (Wildman–Crippen LogP) is 3.39. The van der Waals surface area contributed by atoms with Gasteiger partial charge in [-0.25, -0.2) is 5.01 Å². The lowest BCUT2D eigenvalue weighted by Gasteiger charge is -2.34. The minimum atomic E-state index is -0.381. The van der Waals surface area contributed by atoms with Crippen molar-refractivity contribution in [2.24, 2.45) is 5.92 Å². The van der Waals surface area contributed by atoms with Crippen LogP contribution in [-0.2, 0) is 5.66 Å². The largest absolute Gasteiger partial charge is 0.338 e. The Balaban J connectivity index is 2.00. The summed E-state index contributed by atoms with van der Waals surface area (Å²) in [4.78, 5) is 0.